The Hall–Kier alpha value is -16.3. The van der Waals surface area contributed by atoms with Crippen LogP contribution < -0.4 is 0 Å². The molecule has 0 atom stereocenters. The second-order valence-corrected chi connectivity index (χ2v) is 22.7. The molecule has 0 bridgehead atoms. The number of aromatic nitrogens is 2. The van der Waals surface area contributed by atoms with Crippen molar-refractivity contribution in [3.63, 3.8) is 0 Å². The van der Waals surface area contributed by atoms with Crippen molar-refractivity contribution in [3.8, 4) is 163 Å². The zero-order valence-electron chi connectivity index (χ0n) is 51.0. The van der Waals surface area contributed by atoms with Crippen LogP contribution in [0.3, 0.4) is 0 Å². The molecule has 16 nitrogen and oxygen atoms in total. The molecule has 100 heavy (non-hydrogen) atoms. The summed E-state index contributed by atoms with van der Waals surface area (Å²) < 4.78 is 47.0. The molecule has 0 saturated heterocycles. The molecule has 0 amide bonds. The van der Waals surface area contributed by atoms with E-state index < -0.39 is 11.7 Å². The molecule has 0 saturated carbocycles. The lowest BCUT2D eigenvalue weighted by Crippen LogP contribution is -2.05. The van der Waals surface area contributed by atoms with Crippen LogP contribution in [0.25, 0.3) is 122 Å². The van der Waals surface area contributed by atoms with Gasteiger partial charge in [-0.1, -0.05) is 42.5 Å². The number of fused-ring (bicyclic) bond motifs is 6. The molecule has 0 spiro atoms. The van der Waals surface area contributed by atoms with E-state index in [2.05, 4.69) is 54.6 Å². The first-order valence-electron chi connectivity index (χ1n) is 29.6. The second-order valence-electron chi connectivity index (χ2n) is 22.7. The largest absolute Gasteiger partial charge is 0.416 e. The van der Waals surface area contributed by atoms with Crippen molar-refractivity contribution in [2.75, 3.05) is 0 Å². The van der Waals surface area contributed by atoms with E-state index >= 15 is 0 Å². The van der Waals surface area contributed by atoms with E-state index in [1.54, 1.807) is 109 Å². The van der Waals surface area contributed by atoms with E-state index in [-0.39, 0.29) is 111 Å². The van der Waals surface area contributed by atoms with Crippen LogP contribution >= 0.6 is 0 Å². The monoisotopic (exact) mass is 1280 g/mol. The predicted molar refractivity (Wildman–Crippen MR) is 359 cm³/mol. The summed E-state index contributed by atoms with van der Waals surface area (Å²) in [4.78, 5) is 0. The summed E-state index contributed by atoms with van der Waals surface area (Å²) in [6.45, 7) is 0. The molecule has 13 rings (SSSR count). The number of benzene rings is 11. The molecule has 13 aromatic rings. The second kappa shape index (κ2) is 24.6. The molecule has 0 radical (unpaired) electrons. The van der Waals surface area contributed by atoms with Crippen LogP contribution in [-0.4, -0.2) is 9.13 Å². The molecular formula is C81H29F3N16. The normalized spacial score (nSPS) is 10.6. The molecule has 0 N–H and O–H groups in total. The summed E-state index contributed by atoms with van der Waals surface area (Å²) in [6.07, 6.45) is -4.83. The van der Waals surface area contributed by atoms with Gasteiger partial charge in [0.05, 0.1) is 202 Å². The number of nitriles is 14. The van der Waals surface area contributed by atoms with Gasteiger partial charge in [0.25, 0.3) is 0 Å². The maximum atomic E-state index is 14.4. The average Bonchev–Trinajstić information content (AvgIpc) is 1.55. The Labute approximate surface area is 565 Å². The van der Waals surface area contributed by atoms with E-state index in [4.69, 9.17) is 0 Å². The molecule has 2 aromatic heterocycles. The van der Waals surface area contributed by atoms with Crippen molar-refractivity contribution >= 4 is 43.6 Å². The SMILES string of the molecule is N#Cc1cc(C#N)c(-c2ccc3c(c2)c2cc(-c4c(C#N)cc(C#N)cc4C#N)ccc2n3-c2ccc(-c3ccc(C(F)(F)F)cc3C#N)cc2-c2ccc(C#N)cc2-n2c3ccc(-c4c(C#N)cc(C#N)cc4C#N)cc3c3cc(-c4c(C#N)cc(C#N)cc4C#N)ccc32)c(C#N)c1. The van der Waals surface area contributed by atoms with E-state index in [1.165, 1.54) is 54.6 Å². The number of hydrogen-bond acceptors (Lipinski definition) is 14. The van der Waals surface area contributed by atoms with Crippen LogP contribution in [0.5, 0.6) is 0 Å². The van der Waals surface area contributed by atoms with Gasteiger partial charge in [0, 0.05) is 54.9 Å². The quantitative estimate of drug-likeness (QED) is 0.136. The number of hydrogen-bond donors (Lipinski definition) is 0. The molecule has 0 unspecified atom stereocenters. The third kappa shape index (κ3) is 10.2. The molecule has 0 fully saturated rings. The van der Waals surface area contributed by atoms with Crippen molar-refractivity contribution in [2.45, 2.75) is 6.18 Å². The Balaban J connectivity index is 1.17. The Morgan fingerprint density at radius 2 is 0.530 bits per heavy atom. The fourth-order valence-corrected chi connectivity index (χ4v) is 13.2. The summed E-state index contributed by atoms with van der Waals surface area (Å²) in [5.74, 6) is 0. The van der Waals surface area contributed by atoms with Crippen LogP contribution in [0.4, 0.5) is 13.2 Å². The summed E-state index contributed by atoms with van der Waals surface area (Å²) in [5.41, 5.74) is 4.92. The zero-order chi connectivity index (χ0) is 70.4. The average molecular weight is 1280 g/mol. The highest BCUT2D eigenvalue weighted by Gasteiger charge is 2.32. The van der Waals surface area contributed by atoms with Gasteiger partial charge in [0.1, 0.15) is 0 Å². The molecular weight excluding hydrogens is 1250 g/mol. The van der Waals surface area contributed by atoms with Gasteiger partial charge in [-0.25, -0.2) is 0 Å². The maximum absolute atomic E-state index is 14.4. The third-order valence-electron chi connectivity index (χ3n) is 17.4. The summed E-state index contributed by atoms with van der Waals surface area (Å²) in [5, 5.41) is 147. The molecule has 19 heteroatoms. The first-order chi connectivity index (χ1) is 48.5. The van der Waals surface area contributed by atoms with Gasteiger partial charge in [-0.3, -0.25) is 0 Å². The van der Waals surface area contributed by atoms with Crippen molar-refractivity contribution in [2.24, 2.45) is 0 Å². The number of rotatable bonds is 8. The van der Waals surface area contributed by atoms with E-state index in [0.717, 1.165) is 12.1 Å². The number of nitrogens with zero attached hydrogens (tertiary/aromatic N) is 16. The van der Waals surface area contributed by atoms with Gasteiger partial charge < -0.3 is 9.13 Å². The van der Waals surface area contributed by atoms with Crippen LogP contribution in [0.1, 0.15) is 83.5 Å². The van der Waals surface area contributed by atoms with Gasteiger partial charge in [-0.15, -0.1) is 0 Å². The lowest BCUT2D eigenvalue weighted by molar-refractivity contribution is -0.137. The van der Waals surface area contributed by atoms with Crippen molar-refractivity contribution in [1.29, 1.82) is 73.7 Å². The highest BCUT2D eigenvalue weighted by Crippen LogP contribution is 2.47. The first kappa shape index (κ1) is 62.5. The van der Waals surface area contributed by atoms with Gasteiger partial charge in [-0.05, 0) is 167 Å². The summed E-state index contributed by atoms with van der Waals surface area (Å²) in [7, 11) is 0. The number of halogens is 3. The van der Waals surface area contributed by atoms with Crippen LogP contribution in [-0.2, 0) is 6.18 Å². The summed E-state index contributed by atoms with van der Waals surface area (Å²) >= 11 is 0. The van der Waals surface area contributed by atoms with Crippen molar-refractivity contribution in [1.82, 2.24) is 9.13 Å². The minimum absolute atomic E-state index is 0.0111. The topological polar surface area (TPSA) is 343 Å². The highest BCUT2D eigenvalue weighted by molar-refractivity contribution is 6.15. The molecule has 11 aromatic carbocycles. The lowest BCUT2D eigenvalue weighted by atomic mass is 9.91. The third-order valence-corrected chi connectivity index (χ3v) is 17.4. The summed E-state index contributed by atoms with van der Waals surface area (Å²) in [6, 6.07) is 73.4. The molecule has 0 aliphatic rings. The van der Waals surface area contributed by atoms with Crippen molar-refractivity contribution < 1.29 is 13.2 Å². The van der Waals surface area contributed by atoms with Gasteiger partial charge in [0.15, 0.2) is 0 Å². The van der Waals surface area contributed by atoms with Crippen LogP contribution in [0.15, 0.2) is 176 Å². The molecule has 2 heterocycles. The Morgan fingerprint density at radius 1 is 0.230 bits per heavy atom. The predicted octanol–water partition coefficient (Wildman–Crippen LogP) is 17.1. The molecule has 0 aliphatic heterocycles. The van der Waals surface area contributed by atoms with E-state index in [9.17, 15) is 86.8 Å². The Morgan fingerprint density at radius 3 is 0.830 bits per heavy atom. The van der Waals surface area contributed by atoms with Crippen molar-refractivity contribution in [3.05, 3.63) is 259 Å². The van der Waals surface area contributed by atoms with Crippen LogP contribution in [0, 0.1) is 159 Å². The van der Waals surface area contributed by atoms with E-state index in [1.807, 2.05) is 39.5 Å². The minimum Gasteiger partial charge on any atom is -0.309 e. The van der Waals surface area contributed by atoms with Gasteiger partial charge in [0.2, 0.25) is 0 Å². The zero-order valence-corrected chi connectivity index (χ0v) is 51.0. The fourth-order valence-electron chi connectivity index (χ4n) is 13.2. The smallest absolute Gasteiger partial charge is 0.309 e. The fraction of sp³-hybridized carbons (Fsp3) is 0.0123. The Bertz CT molecular complexity index is 6150. The lowest BCUT2D eigenvalue weighted by Gasteiger charge is -2.20. The van der Waals surface area contributed by atoms with Gasteiger partial charge >= 0.3 is 6.18 Å². The Kier molecular flexibility index (Phi) is 15.4. The van der Waals surface area contributed by atoms with Crippen LogP contribution in [0.2, 0.25) is 0 Å². The maximum Gasteiger partial charge on any atom is 0.416 e. The van der Waals surface area contributed by atoms with Gasteiger partial charge in [-0.2, -0.15) is 86.8 Å². The molecule has 0 aliphatic carbocycles. The minimum atomic E-state index is -4.83. The molecule has 454 valence electrons. The standard InChI is InChI=1S/C81H29F3N16/c82-81(83,84)63-7-9-64(54(24-63)35-90)49-2-10-71(99-72-11-3-50(77-55(36-91)15-45(31-86)16-56(77)37-92)26-67(72)68-27-51(4-12-73(68)99)78-57(38-93)17-46(32-87)18-58(78)39-94)66(25-49)65-8-1-44(30-85)23-76(65)100-74-13-5-52(79-59(40-95)19-47(33-88)20-60(79)41-96)28-69(74)70-29-53(6-14-75(70)100)80-61(42-97)21-48(34-89)22-62(80)43-98/h1-29H. The highest BCUT2D eigenvalue weighted by atomic mass is 19.4. The first-order valence-corrected chi connectivity index (χ1v) is 29.6. The van der Waals surface area contributed by atoms with E-state index in [0.29, 0.717) is 88.4 Å². The number of alkyl halides is 3.